The standard InChI is InChI=1S/C10H21NS/c1-9(10-5-3-6-10)11-7-4-8-12-2/h9-11H,3-8H2,1-2H3. The van der Waals surface area contributed by atoms with Gasteiger partial charge in [-0.3, -0.25) is 0 Å². The van der Waals surface area contributed by atoms with Crippen molar-refractivity contribution in [1.29, 1.82) is 0 Å². The molecule has 1 aliphatic rings. The minimum Gasteiger partial charge on any atom is -0.314 e. The number of nitrogens with one attached hydrogen (secondary N) is 1. The second-order valence-electron chi connectivity index (χ2n) is 3.78. The lowest BCUT2D eigenvalue weighted by atomic mass is 9.80. The van der Waals surface area contributed by atoms with E-state index in [-0.39, 0.29) is 0 Å². The molecule has 1 saturated carbocycles. The zero-order valence-corrected chi connectivity index (χ0v) is 9.12. The van der Waals surface area contributed by atoms with E-state index in [1.807, 2.05) is 11.8 Å². The smallest absolute Gasteiger partial charge is 0.00670 e. The Bertz CT molecular complexity index is 112. The van der Waals surface area contributed by atoms with E-state index >= 15 is 0 Å². The fraction of sp³-hybridized carbons (Fsp3) is 1.00. The summed E-state index contributed by atoms with van der Waals surface area (Å²) in [7, 11) is 0. The Morgan fingerprint density at radius 1 is 1.50 bits per heavy atom. The highest BCUT2D eigenvalue weighted by Crippen LogP contribution is 2.29. The van der Waals surface area contributed by atoms with E-state index in [2.05, 4.69) is 18.5 Å². The molecule has 0 aliphatic heterocycles. The van der Waals surface area contributed by atoms with Crippen LogP contribution in [0.15, 0.2) is 0 Å². The van der Waals surface area contributed by atoms with Gasteiger partial charge in [-0.15, -0.1) is 0 Å². The molecule has 0 spiro atoms. The van der Waals surface area contributed by atoms with Gasteiger partial charge in [-0.1, -0.05) is 6.42 Å². The molecule has 1 unspecified atom stereocenters. The van der Waals surface area contributed by atoms with Crippen LogP contribution in [0.1, 0.15) is 32.6 Å². The lowest BCUT2D eigenvalue weighted by molar-refractivity contribution is 0.241. The molecule has 1 rings (SSSR count). The number of hydrogen-bond acceptors (Lipinski definition) is 2. The van der Waals surface area contributed by atoms with E-state index < -0.39 is 0 Å². The van der Waals surface area contributed by atoms with Crippen LogP contribution in [0.4, 0.5) is 0 Å². The molecular weight excluding hydrogens is 166 g/mol. The Morgan fingerprint density at radius 2 is 2.25 bits per heavy atom. The molecule has 1 aliphatic carbocycles. The van der Waals surface area contributed by atoms with Crippen molar-refractivity contribution in [3.8, 4) is 0 Å². The van der Waals surface area contributed by atoms with Gasteiger partial charge in [0, 0.05) is 6.04 Å². The van der Waals surface area contributed by atoms with Crippen molar-refractivity contribution in [3.05, 3.63) is 0 Å². The molecule has 0 radical (unpaired) electrons. The van der Waals surface area contributed by atoms with Gasteiger partial charge >= 0.3 is 0 Å². The van der Waals surface area contributed by atoms with Crippen molar-refractivity contribution >= 4 is 11.8 Å². The Hall–Kier alpha value is 0.310. The molecule has 0 saturated heterocycles. The van der Waals surface area contributed by atoms with Crippen LogP contribution >= 0.6 is 11.8 Å². The van der Waals surface area contributed by atoms with E-state index in [1.54, 1.807) is 0 Å². The van der Waals surface area contributed by atoms with Crippen molar-refractivity contribution < 1.29 is 0 Å². The predicted octanol–water partition coefficient (Wildman–Crippen LogP) is 2.52. The number of rotatable bonds is 6. The second kappa shape index (κ2) is 5.87. The summed E-state index contributed by atoms with van der Waals surface area (Å²) in [6.07, 6.45) is 7.86. The van der Waals surface area contributed by atoms with Gasteiger partial charge in [-0.2, -0.15) is 11.8 Å². The van der Waals surface area contributed by atoms with Crippen LogP contribution in [-0.4, -0.2) is 24.6 Å². The maximum Gasteiger partial charge on any atom is 0.00670 e. The molecule has 0 amide bonds. The molecule has 0 aromatic heterocycles. The summed E-state index contributed by atoms with van der Waals surface area (Å²) in [5.41, 5.74) is 0. The summed E-state index contributed by atoms with van der Waals surface area (Å²) in [5.74, 6) is 2.28. The summed E-state index contributed by atoms with van der Waals surface area (Å²) in [4.78, 5) is 0. The van der Waals surface area contributed by atoms with Crippen LogP contribution in [0.2, 0.25) is 0 Å². The predicted molar refractivity (Wildman–Crippen MR) is 57.8 cm³/mol. The molecule has 1 N–H and O–H groups in total. The monoisotopic (exact) mass is 187 g/mol. The summed E-state index contributed by atoms with van der Waals surface area (Å²) < 4.78 is 0. The molecule has 2 heteroatoms. The van der Waals surface area contributed by atoms with Gasteiger partial charge < -0.3 is 5.32 Å². The average molecular weight is 187 g/mol. The third kappa shape index (κ3) is 3.36. The first-order valence-electron chi connectivity index (χ1n) is 5.07. The number of hydrogen-bond donors (Lipinski definition) is 1. The lowest BCUT2D eigenvalue weighted by Crippen LogP contribution is -2.37. The Balaban J connectivity index is 1.91. The summed E-state index contributed by atoms with van der Waals surface area (Å²) in [6, 6.07) is 0.764. The first-order chi connectivity index (χ1) is 5.84. The van der Waals surface area contributed by atoms with Crippen LogP contribution in [0.5, 0.6) is 0 Å². The highest BCUT2D eigenvalue weighted by Gasteiger charge is 2.22. The molecule has 72 valence electrons. The molecule has 1 nitrogen and oxygen atoms in total. The van der Waals surface area contributed by atoms with E-state index in [4.69, 9.17) is 0 Å². The highest BCUT2D eigenvalue weighted by molar-refractivity contribution is 7.98. The molecule has 12 heavy (non-hydrogen) atoms. The third-order valence-corrected chi connectivity index (χ3v) is 3.55. The molecule has 0 aromatic rings. The first kappa shape index (κ1) is 10.4. The summed E-state index contributed by atoms with van der Waals surface area (Å²) in [6.45, 7) is 3.54. The average Bonchev–Trinajstić information content (AvgIpc) is 1.95. The summed E-state index contributed by atoms with van der Waals surface area (Å²) in [5, 5.41) is 3.61. The highest BCUT2D eigenvalue weighted by atomic mass is 32.2. The van der Waals surface area contributed by atoms with Crippen LogP contribution in [0.3, 0.4) is 0 Å². The zero-order valence-electron chi connectivity index (χ0n) is 8.31. The van der Waals surface area contributed by atoms with E-state index in [1.165, 1.54) is 38.0 Å². The molecule has 1 fully saturated rings. The van der Waals surface area contributed by atoms with E-state index in [0.29, 0.717) is 0 Å². The third-order valence-electron chi connectivity index (χ3n) is 2.85. The molecule has 1 atom stereocenters. The Labute approximate surface area is 80.7 Å². The topological polar surface area (TPSA) is 12.0 Å². The lowest BCUT2D eigenvalue weighted by Gasteiger charge is -2.32. The molecule has 0 bridgehead atoms. The Kier molecular flexibility index (Phi) is 5.08. The van der Waals surface area contributed by atoms with Crippen LogP contribution < -0.4 is 5.32 Å². The van der Waals surface area contributed by atoms with Crippen molar-refractivity contribution in [3.63, 3.8) is 0 Å². The Morgan fingerprint density at radius 3 is 2.75 bits per heavy atom. The van der Waals surface area contributed by atoms with Gasteiger partial charge in [0.25, 0.3) is 0 Å². The van der Waals surface area contributed by atoms with Gasteiger partial charge in [0.1, 0.15) is 0 Å². The zero-order chi connectivity index (χ0) is 8.81. The normalized spacial score (nSPS) is 20.5. The van der Waals surface area contributed by atoms with Crippen molar-refractivity contribution in [2.24, 2.45) is 5.92 Å². The van der Waals surface area contributed by atoms with Crippen molar-refractivity contribution in [1.82, 2.24) is 5.32 Å². The summed E-state index contributed by atoms with van der Waals surface area (Å²) >= 11 is 1.94. The molecule has 0 heterocycles. The fourth-order valence-corrected chi connectivity index (χ4v) is 2.09. The first-order valence-corrected chi connectivity index (χ1v) is 6.46. The maximum absolute atomic E-state index is 3.61. The van der Waals surface area contributed by atoms with Gasteiger partial charge in [-0.05, 0) is 50.7 Å². The van der Waals surface area contributed by atoms with Gasteiger partial charge in [0.15, 0.2) is 0 Å². The second-order valence-corrected chi connectivity index (χ2v) is 4.77. The van der Waals surface area contributed by atoms with Crippen molar-refractivity contribution in [2.45, 2.75) is 38.6 Å². The van der Waals surface area contributed by atoms with E-state index in [0.717, 1.165) is 12.0 Å². The number of thioether (sulfide) groups is 1. The van der Waals surface area contributed by atoms with Gasteiger partial charge in [-0.25, -0.2) is 0 Å². The van der Waals surface area contributed by atoms with Gasteiger partial charge in [0.05, 0.1) is 0 Å². The van der Waals surface area contributed by atoms with Crippen LogP contribution in [-0.2, 0) is 0 Å². The SMILES string of the molecule is CSCCCNC(C)C1CCC1. The molecular formula is C10H21NS. The molecule has 0 aromatic carbocycles. The fourth-order valence-electron chi connectivity index (χ4n) is 1.65. The quantitative estimate of drug-likeness (QED) is 0.641. The van der Waals surface area contributed by atoms with E-state index in [9.17, 15) is 0 Å². The van der Waals surface area contributed by atoms with Crippen LogP contribution in [0, 0.1) is 5.92 Å². The maximum atomic E-state index is 3.61. The largest absolute Gasteiger partial charge is 0.314 e. The van der Waals surface area contributed by atoms with Crippen LogP contribution in [0.25, 0.3) is 0 Å². The minimum absolute atomic E-state index is 0.764. The minimum atomic E-state index is 0.764. The van der Waals surface area contributed by atoms with Gasteiger partial charge in [0.2, 0.25) is 0 Å². The van der Waals surface area contributed by atoms with Crippen molar-refractivity contribution in [2.75, 3.05) is 18.6 Å².